The van der Waals surface area contributed by atoms with Crippen LogP contribution in [-0.4, -0.2) is 31.9 Å². The number of aliphatic hydroxyl groups is 1. The summed E-state index contributed by atoms with van der Waals surface area (Å²) < 4.78 is 0. The van der Waals surface area contributed by atoms with Crippen molar-refractivity contribution in [3.63, 3.8) is 0 Å². The molecule has 2 N–H and O–H groups in total. The first-order valence-corrected chi connectivity index (χ1v) is 5.37. The summed E-state index contributed by atoms with van der Waals surface area (Å²) in [6, 6.07) is 6.30. The largest absolute Gasteiger partial charge is 0.395 e. The van der Waals surface area contributed by atoms with E-state index in [-0.39, 0.29) is 6.61 Å². The van der Waals surface area contributed by atoms with E-state index in [0.717, 1.165) is 12.2 Å². The van der Waals surface area contributed by atoms with E-state index < -0.39 is 0 Å². The van der Waals surface area contributed by atoms with Crippen LogP contribution in [0.15, 0.2) is 18.2 Å². The van der Waals surface area contributed by atoms with Crippen LogP contribution < -0.4 is 10.2 Å². The first-order valence-electron chi connectivity index (χ1n) is 5.37. The molecule has 3 nitrogen and oxygen atoms in total. The van der Waals surface area contributed by atoms with Gasteiger partial charge < -0.3 is 15.3 Å². The van der Waals surface area contributed by atoms with Crippen molar-refractivity contribution in [2.75, 3.05) is 37.0 Å². The highest BCUT2D eigenvalue weighted by Gasteiger charge is 2.04. The standard InChI is InChI=1S/C12H20N2O/c1-4-14(7-8-15)11-5-6-12(13-3)10(2)9-11/h5-6,9,13,15H,4,7-8H2,1-3H3. The SMILES string of the molecule is CCN(CCO)c1ccc(NC)c(C)c1. The highest BCUT2D eigenvalue weighted by Crippen LogP contribution is 2.21. The number of nitrogens with one attached hydrogen (secondary N) is 1. The minimum Gasteiger partial charge on any atom is -0.395 e. The molecular formula is C12H20N2O. The highest BCUT2D eigenvalue weighted by molar-refractivity contribution is 5.59. The van der Waals surface area contributed by atoms with Crippen LogP contribution in [0.3, 0.4) is 0 Å². The molecule has 0 spiro atoms. The third-order valence-corrected chi connectivity index (χ3v) is 2.60. The Labute approximate surface area is 91.7 Å². The maximum Gasteiger partial charge on any atom is 0.0606 e. The Morgan fingerprint density at radius 1 is 1.40 bits per heavy atom. The Morgan fingerprint density at radius 2 is 2.13 bits per heavy atom. The molecule has 1 aromatic rings. The smallest absolute Gasteiger partial charge is 0.0606 e. The molecule has 84 valence electrons. The molecule has 1 rings (SSSR count). The van der Waals surface area contributed by atoms with E-state index in [1.54, 1.807) is 0 Å². The molecule has 0 saturated heterocycles. The molecule has 0 aromatic heterocycles. The number of nitrogens with zero attached hydrogens (tertiary/aromatic N) is 1. The summed E-state index contributed by atoms with van der Waals surface area (Å²) in [5.74, 6) is 0. The lowest BCUT2D eigenvalue weighted by atomic mass is 10.1. The Bertz CT molecular complexity index is 312. The number of hydrogen-bond acceptors (Lipinski definition) is 3. The van der Waals surface area contributed by atoms with Gasteiger partial charge in [-0.15, -0.1) is 0 Å². The maximum absolute atomic E-state index is 8.95. The van der Waals surface area contributed by atoms with Gasteiger partial charge in [-0.3, -0.25) is 0 Å². The molecule has 0 unspecified atom stereocenters. The fourth-order valence-electron chi connectivity index (χ4n) is 1.72. The van der Waals surface area contributed by atoms with Crippen molar-refractivity contribution in [3.05, 3.63) is 23.8 Å². The second-order valence-corrected chi connectivity index (χ2v) is 3.55. The predicted octanol–water partition coefficient (Wildman–Crippen LogP) is 1.86. The van der Waals surface area contributed by atoms with Crippen molar-refractivity contribution in [1.29, 1.82) is 0 Å². The molecule has 0 heterocycles. The van der Waals surface area contributed by atoms with E-state index in [1.165, 1.54) is 11.3 Å². The third-order valence-electron chi connectivity index (χ3n) is 2.60. The van der Waals surface area contributed by atoms with E-state index in [4.69, 9.17) is 5.11 Å². The number of aryl methyl sites for hydroxylation is 1. The molecule has 0 amide bonds. The van der Waals surface area contributed by atoms with E-state index in [2.05, 4.69) is 42.3 Å². The van der Waals surface area contributed by atoms with Gasteiger partial charge in [-0.05, 0) is 37.6 Å². The van der Waals surface area contributed by atoms with Crippen LogP contribution >= 0.6 is 0 Å². The van der Waals surface area contributed by atoms with Crippen molar-refractivity contribution >= 4 is 11.4 Å². The number of benzene rings is 1. The number of anilines is 2. The van der Waals surface area contributed by atoms with Gasteiger partial charge in [-0.2, -0.15) is 0 Å². The summed E-state index contributed by atoms with van der Waals surface area (Å²) in [6.45, 7) is 5.98. The average Bonchev–Trinajstić information content (AvgIpc) is 2.25. The molecule has 0 fully saturated rings. The number of hydrogen-bond donors (Lipinski definition) is 2. The topological polar surface area (TPSA) is 35.5 Å². The van der Waals surface area contributed by atoms with Crippen molar-refractivity contribution in [3.8, 4) is 0 Å². The zero-order valence-electron chi connectivity index (χ0n) is 9.75. The lowest BCUT2D eigenvalue weighted by Crippen LogP contribution is -2.26. The molecule has 15 heavy (non-hydrogen) atoms. The molecule has 3 heteroatoms. The minimum atomic E-state index is 0.195. The quantitative estimate of drug-likeness (QED) is 0.775. The van der Waals surface area contributed by atoms with E-state index >= 15 is 0 Å². The van der Waals surface area contributed by atoms with E-state index in [1.807, 2.05) is 7.05 Å². The van der Waals surface area contributed by atoms with E-state index in [9.17, 15) is 0 Å². The maximum atomic E-state index is 8.95. The Balaban J connectivity index is 2.89. The van der Waals surface area contributed by atoms with Crippen LogP contribution in [0.1, 0.15) is 12.5 Å². The summed E-state index contributed by atoms with van der Waals surface area (Å²) in [5.41, 5.74) is 3.55. The summed E-state index contributed by atoms with van der Waals surface area (Å²) in [5, 5.41) is 12.1. The average molecular weight is 208 g/mol. The Morgan fingerprint density at radius 3 is 2.60 bits per heavy atom. The molecule has 0 atom stereocenters. The summed E-state index contributed by atoms with van der Waals surface area (Å²) in [6.07, 6.45) is 0. The zero-order valence-corrected chi connectivity index (χ0v) is 9.75. The van der Waals surface area contributed by atoms with Crippen LogP contribution in [0.5, 0.6) is 0 Å². The normalized spacial score (nSPS) is 10.1. The molecule has 1 aromatic carbocycles. The Kier molecular flexibility index (Phi) is 4.43. The van der Waals surface area contributed by atoms with Gasteiger partial charge in [0, 0.05) is 31.5 Å². The summed E-state index contributed by atoms with van der Waals surface area (Å²) in [4.78, 5) is 2.16. The van der Waals surface area contributed by atoms with Crippen LogP contribution in [-0.2, 0) is 0 Å². The van der Waals surface area contributed by atoms with Gasteiger partial charge in [-0.25, -0.2) is 0 Å². The van der Waals surface area contributed by atoms with Gasteiger partial charge >= 0.3 is 0 Å². The molecule has 0 aliphatic rings. The van der Waals surface area contributed by atoms with Gasteiger partial charge in [0.05, 0.1) is 6.61 Å². The second-order valence-electron chi connectivity index (χ2n) is 3.55. The molecule has 0 aliphatic heterocycles. The number of rotatable bonds is 5. The highest BCUT2D eigenvalue weighted by atomic mass is 16.3. The van der Waals surface area contributed by atoms with Gasteiger partial charge in [0.25, 0.3) is 0 Å². The van der Waals surface area contributed by atoms with Crippen LogP contribution in [0.4, 0.5) is 11.4 Å². The fourth-order valence-corrected chi connectivity index (χ4v) is 1.72. The molecule has 0 saturated carbocycles. The number of likely N-dealkylation sites (N-methyl/N-ethyl adjacent to an activating group) is 1. The molecular weight excluding hydrogens is 188 g/mol. The van der Waals surface area contributed by atoms with Gasteiger partial charge in [0.15, 0.2) is 0 Å². The van der Waals surface area contributed by atoms with E-state index in [0.29, 0.717) is 6.54 Å². The summed E-state index contributed by atoms with van der Waals surface area (Å²) >= 11 is 0. The fraction of sp³-hybridized carbons (Fsp3) is 0.500. The molecule has 0 aliphatic carbocycles. The van der Waals surface area contributed by atoms with Gasteiger partial charge in [-0.1, -0.05) is 0 Å². The lowest BCUT2D eigenvalue weighted by Gasteiger charge is -2.23. The van der Waals surface area contributed by atoms with Gasteiger partial charge in [0.1, 0.15) is 0 Å². The predicted molar refractivity (Wildman–Crippen MR) is 65.7 cm³/mol. The van der Waals surface area contributed by atoms with Gasteiger partial charge in [0.2, 0.25) is 0 Å². The van der Waals surface area contributed by atoms with Crippen molar-refractivity contribution < 1.29 is 5.11 Å². The van der Waals surface area contributed by atoms with Crippen molar-refractivity contribution in [1.82, 2.24) is 0 Å². The van der Waals surface area contributed by atoms with Crippen LogP contribution in [0, 0.1) is 6.92 Å². The zero-order chi connectivity index (χ0) is 11.3. The Hall–Kier alpha value is -1.22. The lowest BCUT2D eigenvalue weighted by molar-refractivity contribution is 0.302. The van der Waals surface area contributed by atoms with Crippen molar-refractivity contribution in [2.24, 2.45) is 0 Å². The summed E-state index contributed by atoms with van der Waals surface area (Å²) in [7, 11) is 1.92. The first kappa shape index (κ1) is 11.9. The van der Waals surface area contributed by atoms with Crippen molar-refractivity contribution in [2.45, 2.75) is 13.8 Å². The minimum absolute atomic E-state index is 0.195. The third kappa shape index (κ3) is 2.86. The van der Waals surface area contributed by atoms with Crippen LogP contribution in [0.25, 0.3) is 0 Å². The molecule has 0 bridgehead atoms. The second kappa shape index (κ2) is 5.61. The molecule has 0 radical (unpaired) electrons. The number of aliphatic hydroxyl groups excluding tert-OH is 1. The first-order chi connectivity index (χ1) is 7.22. The van der Waals surface area contributed by atoms with Crippen LogP contribution in [0.2, 0.25) is 0 Å². The monoisotopic (exact) mass is 208 g/mol.